The summed E-state index contributed by atoms with van der Waals surface area (Å²) >= 11 is 6.65. The van der Waals surface area contributed by atoms with E-state index in [9.17, 15) is 4.79 Å². The Morgan fingerprint density at radius 2 is 1.76 bits per heavy atom. The van der Waals surface area contributed by atoms with E-state index in [2.05, 4.69) is 27.5 Å². The summed E-state index contributed by atoms with van der Waals surface area (Å²) in [6.07, 6.45) is 3.88. The molecule has 2 aromatic heterocycles. The lowest BCUT2D eigenvalue weighted by Crippen LogP contribution is -2.16. The number of alkyl halides is 1. The molecule has 7 heteroatoms. The van der Waals surface area contributed by atoms with Crippen molar-refractivity contribution >= 4 is 34.3 Å². The van der Waals surface area contributed by atoms with Crippen molar-refractivity contribution in [3.63, 3.8) is 0 Å². The second-order valence-electron chi connectivity index (χ2n) is 8.11. The first-order valence-electron chi connectivity index (χ1n) is 11.0. The SMILES string of the molecule is CC(C)OC(=O)c1cnc2c(cnn2CC(Cl)c2ccccc2)c1NCCc1ccccc1. The van der Waals surface area contributed by atoms with Crippen LogP contribution in [0.15, 0.2) is 73.1 Å². The maximum atomic E-state index is 12.8. The van der Waals surface area contributed by atoms with E-state index in [0.29, 0.717) is 30.0 Å². The van der Waals surface area contributed by atoms with Gasteiger partial charge in [-0.05, 0) is 31.4 Å². The van der Waals surface area contributed by atoms with E-state index in [1.54, 1.807) is 17.1 Å². The van der Waals surface area contributed by atoms with Crippen LogP contribution in [-0.4, -0.2) is 33.4 Å². The number of rotatable bonds is 9. The Bertz CT molecular complexity index is 1210. The number of carbonyl (C=O) groups is 1. The van der Waals surface area contributed by atoms with Gasteiger partial charge >= 0.3 is 5.97 Å². The zero-order valence-corrected chi connectivity index (χ0v) is 19.5. The van der Waals surface area contributed by atoms with Crippen LogP contribution in [0.2, 0.25) is 0 Å². The van der Waals surface area contributed by atoms with Crippen LogP contribution < -0.4 is 5.32 Å². The molecular weight excluding hydrogens is 436 g/mol. The Hall–Kier alpha value is -3.38. The van der Waals surface area contributed by atoms with Crippen molar-refractivity contribution in [2.24, 2.45) is 0 Å². The molecular formula is C26H27ClN4O2. The molecule has 0 amide bonds. The second-order valence-corrected chi connectivity index (χ2v) is 8.63. The molecule has 33 heavy (non-hydrogen) atoms. The molecule has 1 unspecified atom stereocenters. The lowest BCUT2D eigenvalue weighted by molar-refractivity contribution is 0.0379. The van der Waals surface area contributed by atoms with Crippen molar-refractivity contribution in [2.45, 2.75) is 38.3 Å². The smallest absolute Gasteiger partial charge is 0.342 e. The minimum atomic E-state index is -0.408. The number of hydrogen-bond donors (Lipinski definition) is 1. The van der Waals surface area contributed by atoms with Gasteiger partial charge in [0.25, 0.3) is 0 Å². The first-order chi connectivity index (χ1) is 16.0. The molecule has 1 atom stereocenters. The number of nitrogens with one attached hydrogen (secondary N) is 1. The molecule has 0 aliphatic heterocycles. The van der Waals surface area contributed by atoms with Gasteiger partial charge in [0.2, 0.25) is 0 Å². The molecule has 2 aromatic carbocycles. The van der Waals surface area contributed by atoms with Gasteiger partial charge in [0, 0.05) is 12.7 Å². The highest BCUT2D eigenvalue weighted by Crippen LogP contribution is 2.29. The zero-order chi connectivity index (χ0) is 23.2. The van der Waals surface area contributed by atoms with E-state index in [1.165, 1.54) is 5.56 Å². The van der Waals surface area contributed by atoms with Crippen LogP contribution in [0.25, 0.3) is 11.0 Å². The Morgan fingerprint density at radius 3 is 2.45 bits per heavy atom. The average Bonchev–Trinajstić information content (AvgIpc) is 3.23. The highest BCUT2D eigenvalue weighted by Gasteiger charge is 2.21. The fourth-order valence-corrected chi connectivity index (χ4v) is 3.95. The van der Waals surface area contributed by atoms with Crippen LogP contribution in [-0.2, 0) is 17.7 Å². The molecule has 4 aromatic rings. The monoisotopic (exact) mass is 462 g/mol. The molecule has 0 saturated heterocycles. The Labute approximate surface area is 198 Å². The number of fused-ring (bicyclic) bond motifs is 1. The summed E-state index contributed by atoms with van der Waals surface area (Å²) in [7, 11) is 0. The maximum absolute atomic E-state index is 12.8. The van der Waals surface area contributed by atoms with Crippen LogP contribution in [0, 0.1) is 0 Å². The minimum absolute atomic E-state index is 0.226. The largest absolute Gasteiger partial charge is 0.459 e. The van der Waals surface area contributed by atoms with Gasteiger partial charge in [0.15, 0.2) is 5.65 Å². The number of nitrogens with zero attached hydrogens (tertiary/aromatic N) is 3. The third kappa shape index (κ3) is 5.52. The Balaban J connectivity index is 1.63. The van der Waals surface area contributed by atoms with Gasteiger partial charge in [-0.15, -0.1) is 11.6 Å². The van der Waals surface area contributed by atoms with Crippen molar-refractivity contribution in [1.29, 1.82) is 0 Å². The van der Waals surface area contributed by atoms with E-state index in [1.807, 2.05) is 62.4 Å². The number of hydrogen-bond acceptors (Lipinski definition) is 5. The summed E-state index contributed by atoms with van der Waals surface area (Å²) in [4.78, 5) is 17.3. The quantitative estimate of drug-likeness (QED) is 0.258. The molecule has 1 N–H and O–H groups in total. The first kappa shape index (κ1) is 22.8. The molecule has 0 saturated carbocycles. The van der Waals surface area contributed by atoms with Crippen molar-refractivity contribution in [3.8, 4) is 0 Å². The second kappa shape index (κ2) is 10.5. The molecule has 6 nitrogen and oxygen atoms in total. The number of benzene rings is 2. The van der Waals surface area contributed by atoms with Crippen molar-refractivity contribution < 1.29 is 9.53 Å². The van der Waals surface area contributed by atoms with Crippen molar-refractivity contribution in [1.82, 2.24) is 14.8 Å². The number of esters is 1. The lowest BCUT2D eigenvalue weighted by atomic mass is 10.1. The van der Waals surface area contributed by atoms with E-state index >= 15 is 0 Å². The number of ether oxygens (including phenoxy) is 1. The molecule has 2 heterocycles. The van der Waals surface area contributed by atoms with Crippen LogP contribution in [0.4, 0.5) is 5.69 Å². The topological polar surface area (TPSA) is 69.0 Å². The highest BCUT2D eigenvalue weighted by atomic mass is 35.5. The fraction of sp³-hybridized carbons (Fsp3) is 0.269. The first-order valence-corrected chi connectivity index (χ1v) is 11.5. The number of halogens is 1. The Morgan fingerprint density at radius 1 is 1.06 bits per heavy atom. The van der Waals surface area contributed by atoms with E-state index < -0.39 is 5.97 Å². The van der Waals surface area contributed by atoms with Crippen LogP contribution in [0.3, 0.4) is 0 Å². The van der Waals surface area contributed by atoms with E-state index in [-0.39, 0.29) is 11.5 Å². The molecule has 0 aliphatic carbocycles. The predicted octanol–water partition coefficient (Wildman–Crippen LogP) is 5.63. The average molecular weight is 463 g/mol. The molecule has 4 rings (SSSR count). The van der Waals surface area contributed by atoms with Gasteiger partial charge in [-0.25, -0.2) is 14.5 Å². The van der Waals surface area contributed by atoms with Gasteiger partial charge in [-0.3, -0.25) is 0 Å². The van der Waals surface area contributed by atoms with Crippen LogP contribution >= 0.6 is 11.6 Å². The number of pyridine rings is 1. The molecule has 0 aliphatic rings. The van der Waals surface area contributed by atoms with Gasteiger partial charge in [-0.2, -0.15) is 5.10 Å². The third-order valence-electron chi connectivity index (χ3n) is 5.28. The zero-order valence-electron chi connectivity index (χ0n) is 18.7. The summed E-state index contributed by atoms with van der Waals surface area (Å²) in [5, 5.41) is 8.47. The maximum Gasteiger partial charge on any atom is 0.342 e. The summed E-state index contributed by atoms with van der Waals surface area (Å²) in [6, 6.07) is 20.1. The summed E-state index contributed by atoms with van der Waals surface area (Å²) in [5.41, 5.74) is 3.97. The Kier molecular flexibility index (Phi) is 7.25. The van der Waals surface area contributed by atoms with Gasteiger partial charge < -0.3 is 10.1 Å². The highest BCUT2D eigenvalue weighted by molar-refractivity contribution is 6.20. The van der Waals surface area contributed by atoms with Gasteiger partial charge in [-0.1, -0.05) is 60.7 Å². The minimum Gasteiger partial charge on any atom is -0.459 e. The molecule has 0 bridgehead atoms. The summed E-state index contributed by atoms with van der Waals surface area (Å²) in [6.45, 7) is 4.77. The predicted molar refractivity (Wildman–Crippen MR) is 132 cm³/mol. The number of carbonyl (C=O) groups excluding carboxylic acids is 1. The van der Waals surface area contributed by atoms with E-state index in [0.717, 1.165) is 17.4 Å². The number of aromatic nitrogens is 3. The van der Waals surface area contributed by atoms with Crippen molar-refractivity contribution in [2.75, 3.05) is 11.9 Å². The lowest BCUT2D eigenvalue weighted by Gasteiger charge is -2.15. The molecule has 0 spiro atoms. The summed E-state index contributed by atoms with van der Waals surface area (Å²) < 4.78 is 7.23. The number of anilines is 1. The summed E-state index contributed by atoms with van der Waals surface area (Å²) in [5.74, 6) is -0.408. The van der Waals surface area contributed by atoms with Gasteiger partial charge in [0.1, 0.15) is 5.56 Å². The third-order valence-corrected chi connectivity index (χ3v) is 5.67. The molecule has 170 valence electrons. The fourth-order valence-electron chi connectivity index (χ4n) is 3.68. The van der Waals surface area contributed by atoms with Gasteiger partial charge in [0.05, 0.1) is 35.3 Å². The van der Waals surface area contributed by atoms with Crippen LogP contribution in [0.5, 0.6) is 0 Å². The molecule has 0 radical (unpaired) electrons. The van der Waals surface area contributed by atoms with Crippen LogP contribution in [0.1, 0.15) is 40.7 Å². The standard InChI is InChI=1S/C26H27ClN4O2/c1-18(2)33-26(32)22-15-29-25-21(24(22)28-14-13-19-9-5-3-6-10-19)16-30-31(25)17-23(27)20-11-7-4-8-12-20/h3-12,15-16,18,23H,13-14,17H2,1-2H3,(H,28,29). The normalized spacial score (nSPS) is 12.1. The molecule has 0 fully saturated rings. The van der Waals surface area contributed by atoms with Crippen molar-refractivity contribution in [3.05, 3.63) is 89.7 Å². The van der Waals surface area contributed by atoms with E-state index in [4.69, 9.17) is 16.3 Å².